The van der Waals surface area contributed by atoms with Crippen molar-refractivity contribution in [1.29, 1.82) is 0 Å². The summed E-state index contributed by atoms with van der Waals surface area (Å²) in [6, 6.07) is 5.36. The Morgan fingerprint density at radius 2 is 2.00 bits per heavy atom. The number of halogens is 2. The molecule has 4 nitrogen and oxygen atoms in total. The molecule has 6 heteroatoms. The van der Waals surface area contributed by atoms with E-state index >= 15 is 0 Å². The number of aliphatic hydroxyl groups excluding tert-OH is 1. The van der Waals surface area contributed by atoms with E-state index in [9.17, 15) is 5.11 Å². The van der Waals surface area contributed by atoms with E-state index in [0.29, 0.717) is 16.6 Å². The van der Waals surface area contributed by atoms with Crippen LogP contribution in [0.2, 0.25) is 10.0 Å². The molecule has 22 heavy (non-hydrogen) atoms. The summed E-state index contributed by atoms with van der Waals surface area (Å²) in [5, 5.41) is 14.3. The topological polar surface area (TPSA) is 61.5 Å². The van der Waals surface area contributed by atoms with Crippen LogP contribution in [-0.4, -0.2) is 22.7 Å². The summed E-state index contributed by atoms with van der Waals surface area (Å²) in [5.74, 6) is 0.217. The number of hydrogen-bond donors (Lipinski definition) is 3. The molecule has 0 fully saturated rings. The quantitative estimate of drug-likeness (QED) is 0.775. The summed E-state index contributed by atoms with van der Waals surface area (Å²) >= 11 is 12.0. The van der Waals surface area contributed by atoms with Crippen molar-refractivity contribution >= 4 is 29.3 Å². The van der Waals surface area contributed by atoms with Gasteiger partial charge in [0.15, 0.2) is 0 Å². The molecule has 0 saturated heterocycles. The molecular formula is C16H15Cl2N3O. The van der Waals surface area contributed by atoms with Crippen molar-refractivity contribution in [3.63, 3.8) is 0 Å². The Morgan fingerprint density at radius 1 is 1.27 bits per heavy atom. The van der Waals surface area contributed by atoms with Crippen LogP contribution < -0.4 is 11.1 Å². The molecule has 0 saturated carbocycles. The molecule has 1 atom stereocenters. The first-order valence-electron chi connectivity index (χ1n) is 6.76. The zero-order valence-corrected chi connectivity index (χ0v) is 13.1. The highest BCUT2D eigenvalue weighted by Crippen LogP contribution is 2.24. The van der Waals surface area contributed by atoms with Crippen molar-refractivity contribution in [2.24, 2.45) is 5.73 Å². The SMILES string of the molecule is NC1C=C(O)C2=C(C=CN(C=Cc3cc(Cl)cc(Cl)c3)C2)N1. The van der Waals surface area contributed by atoms with Crippen LogP contribution in [0.4, 0.5) is 0 Å². The van der Waals surface area contributed by atoms with Crippen LogP contribution in [0.1, 0.15) is 5.56 Å². The van der Waals surface area contributed by atoms with Gasteiger partial charge in [-0.3, -0.25) is 0 Å². The van der Waals surface area contributed by atoms with Crippen LogP contribution in [0.15, 0.2) is 59.8 Å². The van der Waals surface area contributed by atoms with Crippen molar-refractivity contribution in [3.8, 4) is 0 Å². The van der Waals surface area contributed by atoms with Crippen LogP contribution in [-0.2, 0) is 0 Å². The summed E-state index contributed by atoms with van der Waals surface area (Å²) in [5.41, 5.74) is 8.34. The third-order valence-electron chi connectivity index (χ3n) is 3.41. The number of nitrogens with zero attached hydrogens (tertiary/aromatic N) is 1. The van der Waals surface area contributed by atoms with Gasteiger partial charge in [0.2, 0.25) is 0 Å². The number of nitrogens with two attached hydrogens (primary N) is 1. The number of rotatable bonds is 2. The molecule has 2 heterocycles. The van der Waals surface area contributed by atoms with Crippen molar-refractivity contribution in [1.82, 2.24) is 10.2 Å². The Hall–Kier alpha value is -1.88. The third-order valence-corrected chi connectivity index (χ3v) is 3.85. The van der Waals surface area contributed by atoms with Gasteiger partial charge in [-0.15, -0.1) is 0 Å². The number of allylic oxidation sites excluding steroid dienone is 1. The molecular weight excluding hydrogens is 321 g/mol. The first kappa shape index (κ1) is 15.0. The summed E-state index contributed by atoms with van der Waals surface area (Å²) in [6.07, 6.45) is 8.85. The Morgan fingerprint density at radius 3 is 2.73 bits per heavy atom. The van der Waals surface area contributed by atoms with Gasteiger partial charge in [-0.05, 0) is 42.0 Å². The Bertz CT molecular complexity index is 702. The standard InChI is InChI=1S/C16H15Cl2N3O/c17-11-5-10(6-12(18)7-11)1-3-21-4-2-14-13(9-21)15(22)8-16(19)20-14/h1-8,16,20,22H,9,19H2. The Labute approximate surface area is 138 Å². The molecule has 0 amide bonds. The summed E-state index contributed by atoms with van der Waals surface area (Å²) in [6.45, 7) is 0.554. The second-order valence-electron chi connectivity index (χ2n) is 5.12. The van der Waals surface area contributed by atoms with Crippen LogP contribution in [0.5, 0.6) is 0 Å². The predicted octanol–water partition coefficient (Wildman–Crippen LogP) is 3.38. The molecule has 4 N–H and O–H groups in total. The number of aliphatic hydroxyl groups is 1. The van der Waals surface area contributed by atoms with E-state index in [2.05, 4.69) is 5.32 Å². The lowest BCUT2D eigenvalue weighted by atomic mass is 10.0. The van der Waals surface area contributed by atoms with E-state index in [-0.39, 0.29) is 11.9 Å². The largest absolute Gasteiger partial charge is 0.508 e. The van der Waals surface area contributed by atoms with Gasteiger partial charge in [0.25, 0.3) is 0 Å². The molecule has 2 aliphatic heterocycles. The minimum Gasteiger partial charge on any atom is -0.508 e. The molecule has 1 aromatic rings. The van der Waals surface area contributed by atoms with Gasteiger partial charge in [-0.2, -0.15) is 0 Å². The van der Waals surface area contributed by atoms with E-state index in [1.807, 2.05) is 41.6 Å². The van der Waals surface area contributed by atoms with E-state index in [0.717, 1.165) is 16.8 Å². The zero-order valence-electron chi connectivity index (χ0n) is 11.6. The predicted molar refractivity (Wildman–Crippen MR) is 90.2 cm³/mol. The highest BCUT2D eigenvalue weighted by Gasteiger charge is 2.21. The molecule has 2 aliphatic rings. The fraction of sp³-hybridized carbons (Fsp3) is 0.125. The molecule has 114 valence electrons. The normalized spacial score (nSPS) is 21.0. The van der Waals surface area contributed by atoms with Crippen molar-refractivity contribution in [2.75, 3.05) is 6.54 Å². The van der Waals surface area contributed by atoms with Gasteiger partial charge in [0.1, 0.15) is 5.76 Å². The monoisotopic (exact) mass is 335 g/mol. The van der Waals surface area contributed by atoms with Crippen LogP contribution in [0.3, 0.4) is 0 Å². The maximum atomic E-state index is 10.0. The highest BCUT2D eigenvalue weighted by atomic mass is 35.5. The lowest BCUT2D eigenvalue weighted by Crippen LogP contribution is -2.40. The number of dihydropyridines is 1. The van der Waals surface area contributed by atoms with Gasteiger partial charge in [0, 0.05) is 33.7 Å². The first-order valence-corrected chi connectivity index (χ1v) is 7.51. The van der Waals surface area contributed by atoms with Crippen molar-refractivity contribution in [2.45, 2.75) is 6.17 Å². The van der Waals surface area contributed by atoms with Gasteiger partial charge >= 0.3 is 0 Å². The first-order chi connectivity index (χ1) is 10.5. The number of benzene rings is 1. The fourth-order valence-corrected chi connectivity index (χ4v) is 2.94. The van der Waals surface area contributed by atoms with E-state index in [4.69, 9.17) is 28.9 Å². The lowest BCUT2D eigenvalue weighted by molar-refractivity contribution is 0.389. The summed E-state index contributed by atoms with van der Waals surface area (Å²) < 4.78 is 0. The molecule has 0 bridgehead atoms. The zero-order chi connectivity index (χ0) is 15.7. The molecule has 1 aromatic carbocycles. The van der Waals surface area contributed by atoms with Gasteiger partial charge in [-0.1, -0.05) is 23.2 Å². The molecule has 0 aromatic heterocycles. The molecule has 0 aliphatic carbocycles. The average molecular weight is 336 g/mol. The maximum absolute atomic E-state index is 10.0. The summed E-state index contributed by atoms with van der Waals surface area (Å²) in [7, 11) is 0. The van der Waals surface area contributed by atoms with Gasteiger partial charge < -0.3 is 21.1 Å². The second-order valence-corrected chi connectivity index (χ2v) is 5.99. The average Bonchev–Trinajstić information content (AvgIpc) is 2.44. The van der Waals surface area contributed by atoms with Crippen molar-refractivity contribution < 1.29 is 5.11 Å². The smallest absolute Gasteiger partial charge is 0.122 e. The summed E-state index contributed by atoms with van der Waals surface area (Å²) in [4.78, 5) is 1.95. The fourth-order valence-electron chi connectivity index (χ4n) is 2.39. The van der Waals surface area contributed by atoms with Crippen LogP contribution in [0, 0.1) is 0 Å². The molecule has 1 unspecified atom stereocenters. The van der Waals surface area contributed by atoms with Gasteiger partial charge in [0.05, 0.1) is 12.7 Å². The van der Waals surface area contributed by atoms with E-state index in [1.165, 1.54) is 0 Å². The Kier molecular flexibility index (Phi) is 4.16. The third kappa shape index (κ3) is 3.30. The maximum Gasteiger partial charge on any atom is 0.122 e. The number of hydrogen-bond acceptors (Lipinski definition) is 4. The minimum atomic E-state index is -0.362. The lowest BCUT2D eigenvalue weighted by Gasteiger charge is -2.29. The van der Waals surface area contributed by atoms with Crippen molar-refractivity contribution in [3.05, 3.63) is 75.4 Å². The van der Waals surface area contributed by atoms with E-state index in [1.54, 1.807) is 12.1 Å². The number of nitrogens with one attached hydrogen (secondary N) is 1. The van der Waals surface area contributed by atoms with Crippen LogP contribution >= 0.6 is 23.2 Å². The highest BCUT2D eigenvalue weighted by molar-refractivity contribution is 6.34. The molecule has 3 rings (SSSR count). The van der Waals surface area contributed by atoms with Gasteiger partial charge in [-0.25, -0.2) is 0 Å². The second kappa shape index (κ2) is 6.08. The van der Waals surface area contributed by atoms with E-state index < -0.39 is 0 Å². The minimum absolute atomic E-state index is 0.217. The molecule has 0 spiro atoms. The Balaban J connectivity index is 1.75. The van der Waals surface area contributed by atoms with Crippen LogP contribution in [0.25, 0.3) is 6.08 Å². The molecule has 0 radical (unpaired) electrons.